The van der Waals surface area contributed by atoms with Crippen LogP contribution in [-0.2, 0) is 4.74 Å². The van der Waals surface area contributed by atoms with Crippen LogP contribution in [0.15, 0.2) is 42.6 Å². The van der Waals surface area contributed by atoms with Gasteiger partial charge >= 0.3 is 0 Å². The van der Waals surface area contributed by atoms with Crippen LogP contribution in [0.5, 0.6) is 5.75 Å². The number of nitrogens with one attached hydrogen (secondary N) is 2. The minimum atomic E-state index is -0.267. The fourth-order valence-corrected chi connectivity index (χ4v) is 2.96. The van der Waals surface area contributed by atoms with Crippen LogP contribution in [0.25, 0.3) is 0 Å². The number of hydrogen-bond acceptors (Lipinski definition) is 6. The second kappa shape index (κ2) is 10.1. The van der Waals surface area contributed by atoms with Crippen molar-refractivity contribution in [3.63, 3.8) is 0 Å². The lowest BCUT2D eigenvalue weighted by molar-refractivity contribution is 0.0398. The Balaban J connectivity index is 1.58. The van der Waals surface area contributed by atoms with E-state index in [-0.39, 0.29) is 12.0 Å². The highest BCUT2D eigenvalue weighted by Gasteiger charge is 2.13. The van der Waals surface area contributed by atoms with Crippen molar-refractivity contribution in [1.29, 1.82) is 0 Å². The van der Waals surface area contributed by atoms with E-state index in [1.54, 1.807) is 12.3 Å². The van der Waals surface area contributed by atoms with Crippen LogP contribution in [0.3, 0.4) is 0 Å². The summed E-state index contributed by atoms with van der Waals surface area (Å²) in [7, 11) is 0. The molecule has 0 bridgehead atoms. The molecule has 0 saturated carbocycles. The molecule has 2 heterocycles. The van der Waals surface area contributed by atoms with Crippen molar-refractivity contribution < 1.29 is 14.3 Å². The summed E-state index contributed by atoms with van der Waals surface area (Å²) < 4.78 is 11.1. The first-order valence-electron chi connectivity index (χ1n) is 9.69. The Kier molecular flexibility index (Phi) is 7.22. The van der Waals surface area contributed by atoms with E-state index in [1.165, 1.54) is 0 Å². The van der Waals surface area contributed by atoms with Crippen LogP contribution in [0.1, 0.15) is 24.3 Å². The number of hydrogen-bond donors (Lipinski definition) is 2. The van der Waals surface area contributed by atoms with Gasteiger partial charge in [-0.3, -0.25) is 14.7 Å². The van der Waals surface area contributed by atoms with Gasteiger partial charge in [-0.15, -0.1) is 0 Å². The fraction of sp³-hybridized carbons (Fsp3) is 0.429. The van der Waals surface area contributed by atoms with Gasteiger partial charge in [-0.05, 0) is 38.1 Å². The average molecular weight is 384 g/mol. The largest absolute Gasteiger partial charge is 0.489 e. The monoisotopic (exact) mass is 384 g/mol. The van der Waals surface area contributed by atoms with Crippen LogP contribution in [0, 0.1) is 0 Å². The second-order valence-corrected chi connectivity index (χ2v) is 6.93. The molecular formula is C21H28N4O3. The third kappa shape index (κ3) is 5.94. The van der Waals surface area contributed by atoms with Crippen molar-refractivity contribution in [2.75, 3.05) is 50.0 Å². The maximum atomic E-state index is 12.6. The molecule has 3 rings (SSSR count). The molecule has 1 amide bonds. The number of carbonyl (C=O) groups is 1. The summed E-state index contributed by atoms with van der Waals surface area (Å²) in [5, 5.41) is 6.25. The molecule has 1 saturated heterocycles. The van der Waals surface area contributed by atoms with Gasteiger partial charge in [-0.2, -0.15) is 0 Å². The Hall–Kier alpha value is -2.64. The first kappa shape index (κ1) is 20.1. The smallest absolute Gasteiger partial charge is 0.274 e. The van der Waals surface area contributed by atoms with E-state index in [0.29, 0.717) is 17.1 Å². The van der Waals surface area contributed by atoms with Gasteiger partial charge in [0.15, 0.2) is 0 Å². The number of para-hydroxylation sites is 2. The number of aromatic nitrogens is 1. The minimum Gasteiger partial charge on any atom is -0.489 e. The van der Waals surface area contributed by atoms with Gasteiger partial charge in [0.05, 0.1) is 25.0 Å². The van der Waals surface area contributed by atoms with Gasteiger partial charge in [0, 0.05) is 38.1 Å². The number of carbonyl (C=O) groups excluding carboxylic acids is 1. The molecule has 0 aliphatic carbocycles. The van der Waals surface area contributed by atoms with E-state index in [1.807, 2.05) is 44.2 Å². The van der Waals surface area contributed by atoms with E-state index in [4.69, 9.17) is 9.47 Å². The Labute approximate surface area is 166 Å². The van der Waals surface area contributed by atoms with Crippen LogP contribution in [-0.4, -0.2) is 61.3 Å². The Morgan fingerprint density at radius 1 is 1.25 bits per heavy atom. The lowest BCUT2D eigenvalue weighted by atomic mass is 10.2. The van der Waals surface area contributed by atoms with E-state index in [9.17, 15) is 4.79 Å². The predicted molar refractivity (Wildman–Crippen MR) is 110 cm³/mol. The molecule has 7 heteroatoms. The third-order valence-corrected chi connectivity index (χ3v) is 4.35. The molecule has 0 spiro atoms. The lowest BCUT2D eigenvalue weighted by Gasteiger charge is -2.26. The van der Waals surface area contributed by atoms with Gasteiger partial charge in [0.1, 0.15) is 11.4 Å². The zero-order valence-corrected chi connectivity index (χ0v) is 16.5. The number of amides is 1. The Bertz CT molecular complexity index is 776. The fourth-order valence-electron chi connectivity index (χ4n) is 2.96. The van der Waals surface area contributed by atoms with Crippen molar-refractivity contribution in [3.8, 4) is 5.75 Å². The number of pyridine rings is 1. The highest BCUT2D eigenvalue weighted by molar-refractivity contribution is 6.04. The highest BCUT2D eigenvalue weighted by Crippen LogP contribution is 2.25. The molecule has 1 aromatic carbocycles. The molecule has 150 valence electrons. The van der Waals surface area contributed by atoms with Crippen molar-refractivity contribution in [3.05, 3.63) is 48.3 Å². The molecule has 1 fully saturated rings. The first-order chi connectivity index (χ1) is 13.6. The summed E-state index contributed by atoms with van der Waals surface area (Å²) in [5.41, 5.74) is 1.87. The topological polar surface area (TPSA) is 75.7 Å². The van der Waals surface area contributed by atoms with Crippen molar-refractivity contribution >= 4 is 17.3 Å². The summed E-state index contributed by atoms with van der Waals surface area (Å²) in [6.45, 7) is 9.15. The van der Waals surface area contributed by atoms with Crippen LogP contribution < -0.4 is 15.4 Å². The predicted octanol–water partition coefficient (Wildman–Crippen LogP) is 2.87. The molecule has 1 aliphatic rings. The quantitative estimate of drug-likeness (QED) is 0.729. The average Bonchev–Trinajstić information content (AvgIpc) is 2.70. The molecule has 28 heavy (non-hydrogen) atoms. The number of benzene rings is 1. The Morgan fingerprint density at radius 3 is 2.82 bits per heavy atom. The van der Waals surface area contributed by atoms with Crippen molar-refractivity contribution in [2.45, 2.75) is 20.0 Å². The standard InChI is InChI=1S/C21H28N4O3/c1-16(2)28-20-6-4-3-5-18(20)24-21(26)19-15-17(7-8-23-19)22-9-10-25-11-13-27-14-12-25/h3-8,15-16H,9-14H2,1-2H3,(H,22,23)(H,24,26). The van der Waals surface area contributed by atoms with Crippen molar-refractivity contribution in [2.24, 2.45) is 0 Å². The molecule has 1 aromatic heterocycles. The van der Waals surface area contributed by atoms with Gasteiger partial charge in [-0.1, -0.05) is 12.1 Å². The first-order valence-corrected chi connectivity index (χ1v) is 9.69. The summed E-state index contributed by atoms with van der Waals surface area (Å²) >= 11 is 0. The third-order valence-electron chi connectivity index (χ3n) is 4.35. The van der Waals surface area contributed by atoms with Gasteiger partial charge in [0.2, 0.25) is 0 Å². The maximum absolute atomic E-state index is 12.6. The van der Waals surface area contributed by atoms with E-state index < -0.39 is 0 Å². The summed E-state index contributed by atoms with van der Waals surface area (Å²) in [6, 6.07) is 11.0. The van der Waals surface area contributed by atoms with E-state index in [0.717, 1.165) is 45.1 Å². The maximum Gasteiger partial charge on any atom is 0.274 e. The molecule has 0 atom stereocenters. The van der Waals surface area contributed by atoms with Crippen LogP contribution in [0.4, 0.5) is 11.4 Å². The van der Waals surface area contributed by atoms with Gasteiger partial charge < -0.3 is 20.1 Å². The molecule has 7 nitrogen and oxygen atoms in total. The number of ether oxygens (including phenoxy) is 2. The SMILES string of the molecule is CC(C)Oc1ccccc1NC(=O)c1cc(NCCN2CCOCC2)ccn1. The van der Waals surface area contributed by atoms with Crippen LogP contribution >= 0.6 is 0 Å². The highest BCUT2D eigenvalue weighted by atomic mass is 16.5. The summed E-state index contributed by atoms with van der Waals surface area (Å²) in [5.74, 6) is 0.377. The zero-order valence-electron chi connectivity index (χ0n) is 16.5. The normalized spacial score (nSPS) is 14.7. The molecule has 2 N–H and O–H groups in total. The lowest BCUT2D eigenvalue weighted by Crippen LogP contribution is -2.39. The van der Waals surface area contributed by atoms with Gasteiger partial charge in [-0.25, -0.2) is 0 Å². The molecule has 0 radical (unpaired) electrons. The second-order valence-electron chi connectivity index (χ2n) is 6.93. The molecule has 2 aromatic rings. The van der Waals surface area contributed by atoms with Gasteiger partial charge in [0.25, 0.3) is 5.91 Å². The summed E-state index contributed by atoms with van der Waals surface area (Å²) in [6.07, 6.45) is 1.66. The number of anilines is 2. The Morgan fingerprint density at radius 2 is 2.04 bits per heavy atom. The molecule has 1 aliphatic heterocycles. The molecule has 0 unspecified atom stereocenters. The number of rotatable bonds is 8. The molecular weight excluding hydrogens is 356 g/mol. The minimum absolute atomic E-state index is 0.0233. The van der Waals surface area contributed by atoms with Crippen LogP contribution in [0.2, 0.25) is 0 Å². The van der Waals surface area contributed by atoms with E-state index >= 15 is 0 Å². The van der Waals surface area contributed by atoms with E-state index in [2.05, 4.69) is 20.5 Å². The number of nitrogens with zero attached hydrogens (tertiary/aromatic N) is 2. The summed E-state index contributed by atoms with van der Waals surface area (Å²) in [4.78, 5) is 19.2. The zero-order chi connectivity index (χ0) is 19.8. The van der Waals surface area contributed by atoms with Crippen molar-refractivity contribution in [1.82, 2.24) is 9.88 Å². The number of morpholine rings is 1.